The number of anilines is 1. The zero-order chi connectivity index (χ0) is 13.1. The first-order valence-electron chi connectivity index (χ1n) is 6.03. The topological polar surface area (TPSA) is 49.6 Å². The van der Waals surface area contributed by atoms with Crippen molar-refractivity contribution in [1.82, 2.24) is 4.90 Å². The Morgan fingerprint density at radius 2 is 2.00 bits per heavy atom. The summed E-state index contributed by atoms with van der Waals surface area (Å²) in [5.41, 5.74) is 0.358. The van der Waals surface area contributed by atoms with E-state index in [2.05, 4.69) is 11.8 Å². The van der Waals surface area contributed by atoms with Crippen LogP contribution < -0.4 is 4.90 Å². The minimum atomic E-state index is -0.457. The van der Waals surface area contributed by atoms with Gasteiger partial charge >= 0.3 is 0 Å². The fraction of sp³-hybridized carbons (Fsp3) is 0.500. The van der Waals surface area contributed by atoms with Crippen LogP contribution in [0.25, 0.3) is 0 Å². The van der Waals surface area contributed by atoms with Gasteiger partial charge in [0.25, 0.3) is 5.69 Å². The number of rotatable bonds is 3. The molecule has 0 aliphatic carbocycles. The van der Waals surface area contributed by atoms with Crippen LogP contribution in [0.15, 0.2) is 18.2 Å². The summed E-state index contributed by atoms with van der Waals surface area (Å²) in [7, 11) is 0. The molecule has 2 rings (SSSR count). The smallest absolute Gasteiger partial charge is 0.292 e. The first-order chi connectivity index (χ1) is 8.61. The molecule has 1 aromatic rings. The molecule has 0 amide bonds. The van der Waals surface area contributed by atoms with Crippen LogP contribution in [0.3, 0.4) is 0 Å². The average Bonchev–Trinajstić information content (AvgIpc) is 2.38. The van der Waals surface area contributed by atoms with Gasteiger partial charge in [-0.15, -0.1) is 0 Å². The third kappa shape index (κ3) is 2.59. The van der Waals surface area contributed by atoms with E-state index in [9.17, 15) is 14.5 Å². The second-order valence-corrected chi connectivity index (χ2v) is 4.31. The van der Waals surface area contributed by atoms with Crippen molar-refractivity contribution >= 4 is 11.4 Å². The third-order valence-electron chi connectivity index (χ3n) is 3.29. The summed E-state index contributed by atoms with van der Waals surface area (Å²) in [4.78, 5) is 14.6. The quantitative estimate of drug-likeness (QED) is 0.609. The standard InChI is InChI=1S/C12H16FN3O2/c1-2-14-5-7-15(8-6-14)12-9-10(13)3-4-11(12)16(17)18/h3-4,9H,2,5-8H2,1H3. The van der Waals surface area contributed by atoms with Crippen LogP contribution in [0.1, 0.15) is 6.92 Å². The molecule has 1 saturated heterocycles. The van der Waals surface area contributed by atoms with E-state index in [4.69, 9.17) is 0 Å². The Hall–Kier alpha value is -1.69. The van der Waals surface area contributed by atoms with Crippen molar-refractivity contribution in [3.05, 3.63) is 34.1 Å². The number of nitro benzene ring substituents is 1. The summed E-state index contributed by atoms with van der Waals surface area (Å²) >= 11 is 0. The van der Waals surface area contributed by atoms with Crippen molar-refractivity contribution in [2.24, 2.45) is 0 Å². The predicted octanol–water partition coefficient (Wildman–Crippen LogP) is 1.88. The number of likely N-dealkylation sites (N-methyl/N-ethyl adjacent to an activating group) is 1. The third-order valence-corrected chi connectivity index (χ3v) is 3.29. The van der Waals surface area contributed by atoms with Crippen molar-refractivity contribution in [2.45, 2.75) is 6.92 Å². The summed E-state index contributed by atoms with van der Waals surface area (Å²) in [6.07, 6.45) is 0. The van der Waals surface area contributed by atoms with E-state index < -0.39 is 10.7 Å². The second kappa shape index (κ2) is 5.30. The van der Waals surface area contributed by atoms with Gasteiger partial charge in [0, 0.05) is 38.3 Å². The zero-order valence-electron chi connectivity index (χ0n) is 10.3. The molecule has 0 saturated carbocycles. The molecule has 0 bridgehead atoms. The molecule has 0 atom stereocenters. The highest BCUT2D eigenvalue weighted by molar-refractivity contribution is 5.63. The molecule has 0 unspecified atom stereocenters. The molecular weight excluding hydrogens is 237 g/mol. The van der Waals surface area contributed by atoms with Crippen LogP contribution in [0.4, 0.5) is 15.8 Å². The van der Waals surface area contributed by atoms with Gasteiger partial charge in [0.15, 0.2) is 0 Å². The number of hydrogen-bond acceptors (Lipinski definition) is 4. The molecular formula is C12H16FN3O2. The van der Waals surface area contributed by atoms with E-state index in [1.165, 1.54) is 12.1 Å². The van der Waals surface area contributed by atoms with Gasteiger partial charge in [-0.05, 0) is 12.6 Å². The van der Waals surface area contributed by atoms with E-state index in [0.717, 1.165) is 25.7 Å². The van der Waals surface area contributed by atoms with E-state index >= 15 is 0 Å². The molecule has 1 aliphatic heterocycles. The molecule has 5 nitrogen and oxygen atoms in total. The molecule has 18 heavy (non-hydrogen) atoms. The highest BCUT2D eigenvalue weighted by Crippen LogP contribution is 2.29. The van der Waals surface area contributed by atoms with Gasteiger partial charge in [0.05, 0.1) is 4.92 Å². The summed E-state index contributed by atoms with van der Waals surface area (Å²) in [5.74, 6) is -0.437. The van der Waals surface area contributed by atoms with Gasteiger partial charge < -0.3 is 9.80 Å². The maximum absolute atomic E-state index is 13.2. The summed E-state index contributed by atoms with van der Waals surface area (Å²) in [5, 5.41) is 10.9. The number of nitro groups is 1. The minimum Gasteiger partial charge on any atom is -0.363 e. The number of halogens is 1. The Morgan fingerprint density at radius 3 is 2.56 bits per heavy atom. The second-order valence-electron chi connectivity index (χ2n) is 4.31. The lowest BCUT2D eigenvalue weighted by Gasteiger charge is -2.35. The monoisotopic (exact) mass is 253 g/mol. The number of hydrogen-bond donors (Lipinski definition) is 0. The molecule has 0 N–H and O–H groups in total. The van der Waals surface area contributed by atoms with Crippen LogP contribution >= 0.6 is 0 Å². The Kier molecular flexibility index (Phi) is 3.76. The highest BCUT2D eigenvalue weighted by atomic mass is 19.1. The fourth-order valence-corrected chi connectivity index (χ4v) is 2.21. The molecule has 1 fully saturated rings. The van der Waals surface area contributed by atoms with E-state index in [1.54, 1.807) is 0 Å². The number of benzene rings is 1. The molecule has 0 aromatic heterocycles. The van der Waals surface area contributed by atoms with E-state index in [1.807, 2.05) is 4.90 Å². The van der Waals surface area contributed by atoms with Crippen LogP contribution in [0, 0.1) is 15.9 Å². The van der Waals surface area contributed by atoms with Crippen LogP contribution in [0.2, 0.25) is 0 Å². The largest absolute Gasteiger partial charge is 0.363 e. The van der Waals surface area contributed by atoms with Crippen molar-refractivity contribution in [2.75, 3.05) is 37.6 Å². The minimum absolute atomic E-state index is 0.0265. The molecule has 98 valence electrons. The van der Waals surface area contributed by atoms with Gasteiger partial charge in [-0.3, -0.25) is 10.1 Å². The Morgan fingerprint density at radius 1 is 1.33 bits per heavy atom. The lowest BCUT2D eigenvalue weighted by Crippen LogP contribution is -2.46. The van der Waals surface area contributed by atoms with Gasteiger partial charge in [-0.1, -0.05) is 6.92 Å². The van der Waals surface area contributed by atoms with Crippen molar-refractivity contribution in [1.29, 1.82) is 0 Å². The number of nitrogens with zero attached hydrogens (tertiary/aromatic N) is 3. The van der Waals surface area contributed by atoms with Crippen LogP contribution in [-0.4, -0.2) is 42.5 Å². The SMILES string of the molecule is CCN1CCN(c2cc(F)ccc2[N+](=O)[O-])CC1. The molecule has 1 aliphatic rings. The highest BCUT2D eigenvalue weighted by Gasteiger charge is 2.23. The van der Waals surface area contributed by atoms with Gasteiger partial charge in [0.1, 0.15) is 11.5 Å². The van der Waals surface area contributed by atoms with Crippen LogP contribution in [-0.2, 0) is 0 Å². The molecule has 6 heteroatoms. The van der Waals surface area contributed by atoms with Gasteiger partial charge in [-0.2, -0.15) is 0 Å². The van der Waals surface area contributed by atoms with E-state index in [0.29, 0.717) is 18.8 Å². The maximum Gasteiger partial charge on any atom is 0.292 e. The summed E-state index contributed by atoms with van der Waals surface area (Å²) in [6.45, 7) is 6.14. The fourth-order valence-electron chi connectivity index (χ4n) is 2.21. The van der Waals surface area contributed by atoms with Crippen LogP contribution in [0.5, 0.6) is 0 Å². The first-order valence-corrected chi connectivity index (χ1v) is 6.03. The lowest BCUT2D eigenvalue weighted by molar-refractivity contribution is -0.384. The normalized spacial score (nSPS) is 16.9. The molecule has 0 radical (unpaired) electrons. The Labute approximate surface area is 105 Å². The van der Waals surface area contributed by atoms with Crippen molar-refractivity contribution in [3.63, 3.8) is 0 Å². The Bertz CT molecular complexity index is 445. The van der Waals surface area contributed by atoms with Gasteiger partial charge in [-0.25, -0.2) is 4.39 Å². The Balaban J connectivity index is 2.22. The summed E-state index contributed by atoms with van der Waals surface area (Å²) < 4.78 is 13.2. The molecule has 1 aromatic carbocycles. The average molecular weight is 253 g/mol. The molecule has 0 spiro atoms. The maximum atomic E-state index is 13.2. The van der Waals surface area contributed by atoms with E-state index in [-0.39, 0.29) is 5.69 Å². The molecule has 1 heterocycles. The van der Waals surface area contributed by atoms with Crippen molar-refractivity contribution in [3.8, 4) is 0 Å². The van der Waals surface area contributed by atoms with Gasteiger partial charge in [0.2, 0.25) is 0 Å². The first kappa shape index (κ1) is 12.8. The predicted molar refractivity (Wildman–Crippen MR) is 67.4 cm³/mol. The zero-order valence-corrected chi connectivity index (χ0v) is 10.3. The summed E-state index contributed by atoms with van der Waals surface area (Å²) in [6, 6.07) is 3.61. The number of piperazine rings is 1. The van der Waals surface area contributed by atoms with Crippen molar-refractivity contribution < 1.29 is 9.31 Å². The lowest BCUT2D eigenvalue weighted by atomic mass is 10.2.